The zero-order valence-corrected chi connectivity index (χ0v) is 11.8. The van der Waals surface area contributed by atoms with Crippen LogP contribution in [0.1, 0.15) is 13.8 Å². The Morgan fingerprint density at radius 2 is 1.95 bits per heavy atom. The zero-order valence-electron chi connectivity index (χ0n) is 10.3. The molecule has 0 saturated carbocycles. The Hall–Kier alpha value is -1.46. The molecular weight excluding hydrogens is 293 g/mol. The first-order chi connectivity index (χ1) is 8.81. The number of aliphatic carboxylic acids is 1. The van der Waals surface area contributed by atoms with Crippen LogP contribution in [0.3, 0.4) is 0 Å². The Labute approximate surface area is 120 Å². The van der Waals surface area contributed by atoms with Gasteiger partial charge < -0.3 is 15.2 Å². The van der Waals surface area contributed by atoms with E-state index in [-0.39, 0.29) is 5.02 Å². The lowest BCUT2D eigenvalue weighted by molar-refractivity contribution is -0.142. The fourth-order valence-corrected chi connectivity index (χ4v) is 1.66. The second-order valence-electron chi connectivity index (χ2n) is 3.90. The predicted octanol–water partition coefficient (Wildman–Crippen LogP) is 2.35. The molecule has 2 N–H and O–H groups in total. The summed E-state index contributed by atoms with van der Waals surface area (Å²) in [5, 5.41) is 11.7. The minimum Gasteiger partial charge on any atom is -0.480 e. The fraction of sp³-hybridized carbons (Fsp3) is 0.333. The van der Waals surface area contributed by atoms with Gasteiger partial charge in [-0.3, -0.25) is 9.59 Å². The van der Waals surface area contributed by atoms with Gasteiger partial charge in [-0.25, -0.2) is 0 Å². The number of carbonyl (C=O) groups is 2. The van der Waals surface area contributed by atoms with Crippen LogP contribution in [-0.4, -0.2) is 29.1 Å². The molecular formula is C12H13Cl2NO4. The molecule has 1 rings (SSSR count). The highest BCUT2D eigenvalue weighted by Gasteiger charge is 2.20. The van der Waals surface area contributed by atoms with E-state index < -0.39 is 24.0 Å². The third kappa shape index (κ3) is 4.61. The van der Waals surface area contributed by atoms with Crippen LogP contribution in [-0.2, 0) is 9.59 Å². The number of amides is 1. The maximum atomic E-state index is 11.7. The van der Waals surface area contributed by atoms with Crippen molar-refractivity contribution in [2.24, 2.45) is 0 Å². The summed E-state index contributed by atoms with van der Waals surface area (Å²) >= 11 is 11.6. The SMILES string of the molecule is CC(NC(=O)C(C)Oc1ccc(Cl)cc1Cl)C(=O)O. The van der Waals surface area contributed by atoms with Crippen molar-refractivity contribution in [1.82, 2.24) is 5.32 Å². The van der Waals surface area contributed by atoms with Crippen molar-refractivity contribution in [2.75, 3.05) is 0 Å². The van der Waals surface area contributed by atoms with E-state index in [0.717, 1.165) is 0 Å². The predicted molar refractivity (Wildman–Crippen MR) is 71.8 cm³/mol. The molecule has 5 nitrogen and oxygen atoms in total. The van der Waals surface area contributed by atoms with Gasteiger partial charge in [0, 0.05) is 5.02 Å². The number of carboxylic acids is 1. The first kappa shape index (κ1) is 15.6. The van der Waals surface area contributed by atoms with E-state index in [9.17, 15) is 9.59 Å². The quantitative estimate of drug-likeness (QED) is 0.875. The number of rotatable bonds is 5. The molecule has 0 aliphatic rings. The van der Waals surface area contributed by atoms with Gasteiger partial charge in [0.2, 0.25) is 0 Å². The smallest absolute Gasteiger partial charge is 0.325 e. The first-order valence-corrected chi connectivity index (χ1v) is 6.21. The summed E-state index contributed by atoms with van der Waals surface area (Å²) in [5.74, 6) is -1.36. The van der Waals surface area contributed by atoms with Crippen LogP contribution in [0.2, 0.25) is 10.0 Å². The maximum absolute atomic E-state index is 11.7. The Balaban J connectivity index is 2.66. The number of hydrogen-bond acceptors (Lipinski definition) is 3. The van der Waals surface area contributed by atoms with E-state index >= 15 is 0 Å². The van der Waals surface area contributed by atoms with E-state index in [0.29, 0.717) is 10.8 Å². The lowest BCUT2D eigenvalue weighted by Gasteiger charge is -2.17. The van der Waals surface area contributed by atoms with Crippen LogP contribution in [0.5, 0.6) is 5.75 Å². The van der Waals surface area contributed by atoms with Crippen molar-refractivity contribution in [1.29, 1.82) is 0 Å². The number of hydrogen-bond donors (Lipinski definition) is 2. The number of carbonyl (C=O) groups excluding carboxylic acids is 1. The highest BCUT2D eigenvalue weighted by atomic mass is 35.5. The monoisotopic (exact) mass is 305 g/mol. The van der Waals surface area contributed by atoms with Gasteiger partial charge in [-0.2, -0.15) is 0 Å². The summed E-state index contributed by atoms with van der Waals surface area (Å²) in [4.78, 5) is 22.3. The van der Waals surface area contributed by atoms with Crippen LogP contribution in [0.15, 0.2) is 18.2 Å². The molecule has 0 radical (unpaired) electrons. The normalized spacial score (nSPS) is 13.5. The van der Waals surface area contributed by atoms with Gasteiger partial charge in [-0.1, -0.05) is 23.2 Å². The Morgan fingerprint density at radius 3 is 2.47 bits per heavy atom. The number of nitrogens with one attached hydrogen (secondary N) is 1. The van der Waals surface area contributed by atoms with Crippen molar-refractivity contribution < 1.29 is 19.4 Å². The number of ether oxygens (including phenoxy) is 1. The summed E-state index contributed by atoms with van der Waals surface area (Å²) in [5.41, 5.74) is 0. The van der Waals surface area contributed by atoms with Gasteiger partial charge in [0.05, 0.1) is 5.02 Å². The van der Waals surface area contributed by atoms with Gasteiger partial charge in [0.1, 0.15) is 11.8 Å². The largest absolute Gasteiger partial charge is 0.480 e. The lowest BCUT2D eigenvalue weighted by Crippen LogP contribution is -2.44. The van der Waals surface area contributed by atoms with E-state index in [4.69, 9.17) is 33.0 Å². The van der Waals surface area contributed by atoms with Gasteiger partial charge in [-0.15, -0.1) is 0 Å². The number of benzene rings is 1. The zero-order chi connectivity index (χ0) is 14.6. The average Bonchev–Trinajstić information content (AvgIpc) is 2.32. The third-order valence-corrected chi connectivity index (χ3v) is 2.83. The fourth-order valence-electron chi connectivity index (χ4n) is 1.21. The minimum absolute atomic E-state index is 0.276. The Kier molecular flexibility index (Phi) is 5.44. The van der Waals surface area contributed by atoms with Gasteiger partial charge >= 0.3 is 5.97 Å². The first-order valence-electron chi connectivity index (χ1n) is 5.46. The van der Waals surface area contributed by atoms with Crippen LogP contribution >= 0.6 is 23.2 Å². The summed E-state index contributed by atoms with van der Waals surface area (Å²) in [6.07, 6.45) is -0.875. The molecule has 2 unspecified atom stereocenters. The molecule has 0 aromatic heterocycles. The van der Waals surface area contributed by atoms with Crippen LogP contribution in [0.25, 0.3) is 0 Å². The molecule has 0 saturated heterocycles. The molecule has 19 heavy (non-hydrogen) atoms. The van der Waals surface area contributed by atoms with E-state index in [2.05, 4.69) is 5.32 Å². The molecule has 2 atom stereocenters. The highest BCUT2D eigenvalue weighted by molar-refractivity contribution is 6.35. The number of carboxylic acid groups (broad SMARTS) is 1. The van der Waals surface area contributed by atoms with Crippen molar-refractivity contribution in [3.8, 4) is 5.75 Å². The van der Waals surface area contributed by atoms with Crippen LogP contribution in [0.4, 0.5) is 0 Å². The number of halogens is 2. The van der Waals surface area contributed by atoms with Crippen molar-refractivity contribution in [2.45, 2.75) is 26.0 Å². The van der Waals surface area contributed by atoms with E-state index in [1.807, 2.05) is 0 Å². The summed E-state index contributed by atoms with van der Waals surface area (Å²) in [7, 11) is 0. The van der Waals surface area contributed by atoms with Crippen LogP contribution < -0.4 is 10.1 Å². The molecule has 104 valence electrons. The highest BCUT2D eigenvalue weighted by Crippen LogP contribution is 2.28. The summed E-state index contributed by atoms with van der Waals surface area (Å²) in [6.45, 7) is 2.86. The standard InChI is InChI=1S/C12H13Cl2NO4/c1-6(12(17)18)15-11(16)7(2)19-10-4-3-8(13)5-9(10)14/h3-7H,1-2H3,(H,15,16)(H,17,18). The van der Waals surface area contributed by atoms with Gasteiger partial charge in [0.15, 0.2) is 6.10 Å². The van der Waals surface area contributed by atoms with E-state index in [1.54, 1.807) is 6.07 Å². The molecule has 0 fully saturated rings. The molecule has 7 heteroatoms. The van der Waals surface area contributed by atoms with Crippen molar-refractivity contribution >= 4 is 35.1 Å². The Morgan fingerprint density at radius 1 is 1.32 bits per heavy atom. The topological polar surface area (TPSA) is 75.6 Å². The lowest BCUT2D eigenvalue weighted by atomic mass is 10.3. The molecule has 1 amide bonds. The molecule has 1 aromatic rings. The molecule has 0 bridgehead atoms. The van der Waals surface area contributed by atoms with Crippen molar-refractivity contribution in [3.63, 3.8) is 0 Å². The third-order valence-electron chi connectivity index (χ3n) is 2.30. The van der Waals surface area contributed by atoms with Gasteiger partial charge in [0.25, 0.3) is 5.91 Å². The van der Waals surface area contributed by atoms with Gasteiger partial charge in [-0.05, 0) is 32.0 Å². The molecule has 0 aliphatic carbocycles. The minimum atomic E-state index is -1.12. The second-order valence-corrected chi connectivity index (χ2v) is 4.75. The summed E-state index contributed by atoms with van der Waals surface area (Å²) < 4.78 is 5.35. The molecule has 0 spiro atoms. The average molecular weight is 306 g/mol. The second kappa shape index (κ2) is 6.63. The molecule has 0 heterocycles. The van der Waals surface area contributed by atoms with E-state index in [1.165, 1.54) is 26.0 Å². The molecule has 1 aromatic carbocycles. The maximum Gasteiger partial charge on any atom is 0.325 e. The molecule has 0 aliphatic heterocycles. The Bertz CT molecular complexity index is 493. The summed E-state index contributed by atoms with van der Waals surface area (Å²) in [6, 6.07) is 3.62. The van der Waals surface area contributed by atoms with Crippen molar-refractivity contribution in [3.05, 3.63) is 28.2 Å². The van der Waals surface area contributed by atoms with Crippen LogP contribution in [0, 0.1) is 0 Å².